The average molecular weight is 443 g/mol. The van der Waals surface area contributed by atoms with E-state index in [0.717, 1.165) is 29.7 Å². The van der Waals surface area contributed by atoms with E-state index in [-0.39, 0.29) is 11.9 Å². The highest BCUT2D eigenvalue weighted by atomic mass is 35.5. The van der Waals surface area contributed by atoms with Crippen molar-refractivity contribution >= 4 is 17.5 Å². The molecule has 1 aliphatic rings. The van der Waals surface area contributed by atoms with E-state index in [9.17, 15) is 4.79 Å². The Labute approximate surface area is 190 Å². The first kappa shape index (κ1) is 20.2. The van der Waals surface area contributed by atoms with Gasteiger partial charge in [-0.1, -0.05) is 23.7 Å². The predicted molar refractivity (Wildman–Crippen MR) is 121 cm³/mol. The maximum absolute atomic E-state index is 13.4. The van der Waals surface area contributed by atoms with Gasteiger partial charge in [0.1, 0.15) is 6.33 Å². The molecule has 0 radical (unpaired) electrons. The summed E-state index contributed by atoms with van der Waals surface area (Å²) in [6.45, 7) is 0.673. The molecule has 8 heteroatoms. The van der Waals surface area contributed by atoms with Crippen LogP contribution in [-0.4, -0.2) is 42.3 Å². The van der Waals surface area contributed by atoms with Gasteiger partial charge in [-0.05, 0) is 43.2 Å². The van der Waals surface area contributed by atoms with Crippen LogP contribution in [-0.2, 0) is 0 Å². The van der Waals surface area contributed by atoms with Crippen LogP contribution in [0, 0.1) is 0 Å². The Morgan fingerprint density at radius 1 is 1.00 bits per heavy atom. The molecule has 0 bridgehead atoms. The number of aromatic nitrogens is 5. The van der Waals surface area contributed by atoms with Gasteiger partial charge in [-0.3, -0.25) is 9.78 Å². The minimum absolute atomic E-state index is 0.0454. The van der Waals surface area contributed by atoms with Gasteiger partial charge in [0.05, 0.1) is 17.4 Å². The molecular formula is C24H19ClN6O. The van der Waals surface area contributed by atoms with Crippen molar-refractivity contribution in [2.75, 3.05) is 6.54 Å². The van der Waals surface area contributed by atoms with Gasteiger partial charge in [-0.2, -0.15) is 0 Å². The zero-order valence-corrected chi connectivity index (χ0v) is 17.9. The molecule has 1 aromatic carbocycles. The molecule has 32 heavy (non-hydrogen) atoms. The van der Waals surface area contributed by atoms with Crippen LogP contribution in [0.4, 0.5) is 0 Å². The summed E-state index contributed by atoms with van der Waals surface area (Å²) in [5.41, 5.74) is 3.68. The van der Waals surface area contributed by atoms with Gasteiger partial charge in [-0.25, -0.2) is 19.9 Å². The van der Waals surface area contributed by atoms with Gasteiger partial charge < -0.3 is 4.90 Å². The lowest BCUT2D eigenvalue weighted by Gasteiger charge is -2.24. The Balaban J connectivity index is 1.43. The molecule has 0 N–H and O–H groups in total. The normalized spacial score (nSPS) is 15.7. The van der Waals surface area contributed by atoms with Gasteiger partial charge in [0.2, 0.25) is 0 Å². The third-order valence-electron chi connectivity index (χ3n) is 5.48. The number of carbonyl (C=O) groups is 1. The lowest BCUT2D eigenvalue weighted by atomic mass is 10.1. The van der Waals surface area contributed by atoms with Crippen molar-refractivity contribution in [3.8, 4) is 22.6 Å². The summed E-state index contributed by atoms with van der Waals surface area (Å²) < 4.78 is 0. The molecule has 1 unspecified atom stereocenters. The summed E-state index contributed by atoms with van der Waals surface area (Å²) in [7, 11) is 0. The smallest absolute Gasteiger partial charge is 0.254 e. The third kappa shape index (κ3) is 4.07. The Morgan fingerprint density at radius 3 is 2.69 bits per heavy atom. The number of pyridine rings is 1. The summed E-state index contributed by atoms with van der Waals surface area (Å²) in [5, 5.41) is 0.631. The maximum Gasteiger partial charge on any atom is 0.254 e. The number of halogens is 1. The second-order valence-electron chi connectivity index (χ2n) is 7.53. The Kier molecular flexibility index (Phi) is 5.56. The molecule has 1 aliphatic heterocycles. The van der Waals surface area contributed by atoms with E-state index < -0.39 is 0 Å². The third-order valence-corrected chi connectivity index (χ3v) is 5.71. The number of carbonyl (C=O) groups excluding carboxylic acids is 1. The summed E-state index contributed by atoms with van der Waals surface area (Å²) in [6.07, 6.45) is 9.97. The molecule has 1 atom stereocenters. The zero-order valence-electron chi connectivity index (χ0n) is 17.1. The van der Waals surface area contributed by atoms with Crippen LogP contribution in [0.1, 0.15) is 34.9 Å². The van der Waals surface area contributed by atoms with Gasteiger partial charge >= 0.3 is 0 Å². The van der Waals surface area contributed by atoms with Crippen molar-refractivity contribution in [2.45, 2.75) is 18.9 Å². The van der Waals surface area contributed by atoms with E-state index in [1.165, 1.54) is 6.33 Å². The van der Waals surface area contributed by atoms with Crippen molar-refractivity contribution in [1.29, 1.82) is 0 Å². The van der Waals surface area contributed by atoms with Crippen LogP contribution in [0.2, 0.25) is 5.02 Å². The van der Waals surface area contributed by atoms with E-state index in [4.69, 9.17) is 16.6 Å². The number of benzene rings is 1. The second kappa shape index (κ2) is 8.80. The van der Waals surface area contributed by atoms with Gasteiger partial charge in [0, 0.05) is 53.0 Å². The van der Waals surface area contributed by atoms with Crippen LogP contribution >= 0.6 is 11.6 Å². The molecule has 1 saturated heterocycles. The molecule has 7 nitrogen and oxygen atoms in total. The Hall–Kier alpha value is -3.71. The van der Waals surface area contributed by atoms with Crippen molar-refractivity contribution in [3.05, 3.63) is 89.9 Å². The number of rotatable bonds is 4. The second-order valence-corrected chi connectivity index (χ2v) is 7.97. The fraction of sp³-hybridized carbons (Fsp3) is 0.167. The standard InChI is InChI=1S/C24H19ClN6O/c25-19-4-1-3-16(11-19)23-29-9-7-20(30-23)22-5-2-10-31(22)24(32)17-6-8-28-21(12-17)18-13-26-15-27-14-18/h1,3-4,6-9,11-15,22H,2,5,10H2. The quantitative estimate of drug-likeness (QED) is 0.458. The predicted octanol–water partition coefficient (Wildman–Crippen LogP) is 4.63. The lowest BCUT2D eigenvalue weighted by Crippen LogP contribution is -2.31. The molecule has 3 aromatic heterocycles. The minimum atomic E-state index is -0.111. The number of nitrogens with zero attached hydrogens (tertiary/aromatic N) is 6. The highest BCUT2D eigenvalue weighted by Gasteiger charge is 2.32. The zero-order chi connectivity index (χ0) is 21.9. The van der Waals surface area contributed by atoms with E-state index >= 15 is 0 Å². The molecule has 0 aliphatic carbocycles. The lowest BCUT2D eigenvalue weighted by molar-refractivity contribution is 0.0733. The molecule has 158 valence electrons. The molecule has 4 aromatic rings. The first-order chi connectivity index (χ1) is 15.7. The Bertz CT molecular complexity index is 1270. The van der Waals surface area contributed by atoms with Crippen LogP contribution in [0.5, 0.6) is 0 Å². The van der Waals surface area contributed by atoms with Crippen molar-refractivity contribution in [1.82, 2.24) is 29.8 Å². The highest BCUT2D eigenvalue weighted by Crippen LogP contribution is 2.33. The monoisotopic (exact) mass is 442 g/mol. The minimum Gasteiger partial charge on any atom is -0.330 e. The fourth-order valence-electron chi connectivity index (χ4n) is 3.96. The largest absolute Gasteiger partial charge is 0.330 e. The first-order valence-electron chi connectivity index (χ1n) is 10.3. The number of likely N-dealkylation sites (tertiary alicyclic amines) is 1. The van der Waals surface area contributed by atoms with Gasteiger partial charge in [-0.15, -0.1) is 0 Å². The summed E-state index contributed by atoms with van der Waals surface area (Å²) in [4.78, 5) is 36.9. The van der Waals surface area contributed by atoms with Crippen LogP contribution in [0.25, 0.3) is 22.6 Å². The van der Waals surface area contributed by atoms with E-state index in [2.05, 4.69) is 19.9 Å². The molecule has 1 fully saturated rings. The van der Waals surface area contributed by atoms with E-state index in [0.29, 0.717) is 28.6 Å². The molecule has 1 amide bonds. The van der Waals surface area contributed by atoms with Crippen LogP contribution in [0.3, 0.4) is 0 Å². The highest BCUT2D eigenvalue weighted by molar-refractivity contribution is 6.30. The summed E-state index contributed by atoms with van der Waals surface area (Å²) >= 11 is 6.13. The molecule has 4 heterocycles. The summed E-state index contributed by atoms with van der Waals surface area (Å²) in [5.74, 6) is 0.551. The molecule has 0 saturated carbocycles. The molecular weight excluding hydrogens is 424 g/mol. The van der Waals surface area contributed by atoms with E-state index in [1.54, 1.807) is 36.9 Å². The number of amides is 1. The van der Waals surface area contributed by atoms with Crippen molar-refractivity contribution in [2.24, 2.45) is 0 Å². The molecule has 0 spiro atoms. The van der Waals surface area contributed by atoms with Crippen LogP contribution in [0.15, 0.2) is 73.6 Å². The topological polar surface area (TPSA) is 84.8 Å². The summed E-state index contributed by atoms with van der Waals surface area (Å²) in [6, 6.07) is 12.7. The van der Waals surface area contributed by atoms with Gasteiger partial charge in [0.25, 0.3) is 5.91 Å². The average Bonchev–Trinajstić information content (AvgIpc) is 3.34. The first-order valence-corrected chi connectivity index (χ1v) is 10.7. The van der Waals surface area contributed by atoms with Crippen molar-refractivity contribution < 1.29 is 4.79 Å². The number of hydrogen-bond acceptors (Lipinski definition) is 6. The Morgan fingerprint density at radius 2 is 1.84 bits per heavy atom. The number of hydrogen-bond donors (Lipinski definition) is 0. The van der Waals surface area contributed by atoms with Crippen molar-refractivity contribution in [3.63, 3.8) is 0 Å². The van der Waals surface area contributed by atoms with Crippen LogP contribution < -0.4 is 0 Å². The SMILES string of the molecule is O=C(c1ccnc(-c2cncnc2)c1)N1CCCC1c1ccnc(-c2cccc(Cl)c2)n1. The molecule has 5 rings (SSSR count). The van der Waals surface area contributed by atoms with E-state index in [1.807, 2.05) is 35.2 Å². The fourth-order valence-corrected chi connectivity index (χ4v) is 4.15. The van der Waals surface area contributed by atoms with Gasteiger partial charge in [0.15, 0.2) is 5.82 Å². The maximum atomic E-state index is 13.4.